The van der Waals surface area contributed by atoms with Crippen LogP contribution in [-0.2, 0) is 16.0 Å². The molecule has 0 saturated carbocycles. The van der Waals surface area contributed by atoms with Crippen LogP contribution in [0.3, 0.4) is 0 Å². The fourth-order valence-corrected chi connectivity index (χ4v) is 2.96. The minimum atomic E-state index is 0.0569. The monoisotopic (exact) mass is 320 g/mol. The van der Waals surface area contributed by atoms with Gasteiger partial charge in [0.1, 0.15) is 0 Å². The summed E-state index contributed by atoms with van der Waals surface area (Å²) < 4.78 is 5.18. The number of aryl methyl sites for hydroxylation is 1. The van der Waals surface area contributed by atoms with Crippen molar-refractivity contribution in [2.45, 2.75) is 12.8 Å². The lowest BCUT2D eigenvalue weighted by atomic mass is 10.2. The minimum Gasteiger partial charge on any atom is -0.342 e. The molecule has 0 bridgehead atoms. The Morgan fingerprint density at radius 3 is 2.86 bits per heavy atom. The Morgan fingerprint density at radius 1 is 1.36 bits per heavy atom. The van der Waals surface area contributed by atoms with E-state index >= 15 is 0 Å². The van der Waals surface area contributed by atoms with Gasteiger partial charge in [0.05, 0.1) is 4.88 Å². The van der Waals surface area contributed by atoms with E-state index in [1.165, 1.54) is 0 Å². The Balaban J connectivity index is 1.50. The molecule has 1 aliphatic rings. The second-order valence-corrected chi connectivity index (χ2v) is 5.96. The average molecular weight is 320 g/mol. The lowest BCUT2D eigenvalue weighted by molar-refractivity contribution is -0.135. The zero-order valence-corrected chi connectivity index (χ0v) is 12.8. The maximum Gasteiger partial charge on any atom is 0.227 e. The molecule has 0 spiro atoms. The molecular weight excluding hydrogens is 304 g/mol. The van der Waals surface area contributed by atoms with E-state index in [4.69, 9.17) is 4.52 Å². The van der Waals surface area contributed by atoms with Crippen molar-refractivity contribution in [2.75, 3.05) is 26.2 Å². The van der Waals surface area contributed by atoms with Gasteiger partial charge in [-0.25, -0.2) is 0 Å². The van der Waals surface area contributed by atoms with Gasteiger partial charge in [-0.2, -0.15) is 4.98 Å². The summed E-state index contributed by atoms with van der Waals surface area (Å²) >= 11 is 1.55. The standard InChI is InChI=1S/C14H16N4O3S/c19-10-17-5-7-18(8-6-17)13(20)4-3-12-15-14(16-21-12)11-2-1-9-22-11/h1-2,9-10H,3-8H2. The summed E-state index contributed by atoms with van der Waals surface area (Å²) in [6.07, 6.45) is 1.60. The molecule has 8 heteroatoms. The molecule has 2 aromatic heterocycles. The van der Waals surface area contributed by atoms with E-state index in [1.54, 1.807) is 21.1 Å². The lowest BCUT2D eigenvalue weighted by Crippen LogP contribution is -2.48. The molecule has 1 aliphatic heterocycles. The Bertz CT molecular complexity index is 632. The third kappa shape index (κ3) is 3.33. The van der Waals surface area contributed by atoms with Crippen LogP contribution >= 0.6 is 11.3 Å². The van der Waals surface area contributed by atoms with Crippen molar-refractivity contribution in [3.8, 4) is 10.7 Å². The zero-order chi connectivity index (χ0) is 15.4. The van der Waals surface area contributed by atoms with E-state index < -0.39 is 0 Å². The molecule has 3 heterocycles. The van der Waals surface area contributed by atoms with Gasteiger partial charge in [-0.3, -0.25) is 9.59 Å². The number of hydrogen-bond donors (Lipinski definition) is 0. The third-order valence-electron chi connectivity index (χ3n) is 3.58. The summed E-state index contributed by atoms with van der Waals surface area (Å²) in [4.78, 5) is 31.5. The SMILES string of the molecule is O=CN1CCN(C(=O)CCc2nc(-c3cccs3)no2)CC1. The van der Waals surface area contributed by atoms with Gasteiger partial charge in [0.2, 0.25) is 24.0 Å². The van der Waals surface area contributed by atoms with Crippen LogP contribution < -0.4 is 0 Å². The van der Waals surface area contributed by atoms with Gasteiger partial charge in [-0.15, -0.1) is 11.3 Å². The Kier molecular flexibility index (Phi) is 4.47. The highest BCUT2D eigenvalue weighted by Crippen LogP contribution is 2.21. The number of rotatable bonds is 5. The molecule has 0 N–H and O–H groups in total. The second-order valence-electron chi connectivity index (χ2n) is 5.01. The van der Waals surface area contributed by atoms with E-state index in [-0.39, 0.29) is 5.91 Å². The van der Waals surface area contributed by atoms with Crippen LogP contribution in [0, 0.1) is 0 Å². The van der Waals surface area contributed by atoms with Crippen molar-refractivity contribution in [3.63, 3.8) is 0 Å². The number of carbonyl (C=O) groups excluding carboxylic acids is 2. The smallest absolute Gasteiger partial charge is 0.227 e. The highest BCUT2D eigenvalue weighted by atomic mass is 32.1. The molecule has 22 heavy (non-hydrogen) atoms. The maximum atomic E-state index is 12.1. The Hall–Kier alpha value is -2.22. The van der Waals surface area contributed by atoms with Crippen molar-refractivity contribution >= 4 is 23.7 Å². The second kappa shape index (κ2) is 6.69. The number of aromatic nitrogens is 2. The van der Waals surface area contributed by atoms with Crippen molar-refractivity contribution in [1.29, 1.82) is 0 Å². The van der Waals surface area contributed by atoms with Crippen molar-refractivity contribution < 1.29 is 14.1 Å². The molecule has 0 aliphatic carbocycles. The molecule has 7 nitrogen and oxygen atoms in total. The first-order chi connectivity index (χ1) is 10.8. The van der Waals surface area contributed by atoms with Crippen molar-refractivity contribution in [2.24, 2.45) is 0 Å². The first-order valence-electron chi connectivity index (χ1n) is 7.10. The molecule has 1 fully saturated rings. The summed E-state index contributed by atoms with van der Waals surface area (Å²) in [6, 6.07) is 3.86. The Labute approximate surface area is 131 Å². The molecule has 2 aromatic rings. The molecule has 116 valence electrons. The van der Waals surface area contributed by atoms with Crippen LogP contribution in [0.5, 0.6) is 0 Å². The number of nitrogens with zero attached hydrogens (tertiary/aromatic N) is 4. The summed E-state index contributed by atoms with van der Waals surface area (Å²) in [5.74, 6) is 1.10. The predicted molar refractivity (Wildman–Crippen MR) is 80.1 cm³/mol. The molecule has 0 aromatic carbocycles. The third-order valence-corrected chi connectivity index (χ3v) is 4.44. The van der Waals surface area contributed by atoms with Crippen molar-refractivity contribution in [3.05, 3.63) is 23.4 Å². The van der Waals surface area contributed by atoms with Gasteiger partial charge in [0.25, 0.3) is 0 Å². The quantitative estimate of drug-likeness (QED) is 0.769. The van der Waals surface area contributed by atoms with Crippen LogP contribution in [0.25, 0.3) is 10.7 Å². The van der Waals surface area contributed by atoms with Crippen molar-refractivity contribution in [1.82, 2.24) is 19.9 Å². The van der Waals surface area contributed by atoms with Gasteiger partial charge in [-0.1, -0.05) is 11.2 Å². The van der Waals surface area contributed by atoms with Crippen LogP contribution in [0.15, 0.2) is 22.0 Å². The Morgan fingerprint density at radius 2 is 2.18 bits per heavy atom. The molecule has 1 saturated heterocycles. The first-order valence-corrected chi connectivity index (χ1v) is 7.98. The molecule has 0 radical (unpaired) electrons. The van der Waals surface area contributed by atoms with Gasteiger partial charge < -0.3 is 14.3 Å². The highest BCUT2D eigenvalue weighted by molar-refractivity contribution is 7.13. The number of thiophene rings is 1. The van der Waals surface area contributed by atoms with E-state index in [1.807, 2.05) is 17.5 Å². The van der Waals surface area contributed by atoms with Crippen LogP contribution in [0.4, 0.5) is 0 Å². The van der Waals surface area contributed by atoms with E-state index in [2.05, 4.69) is 10.1 Å². The van der Waals surface area contributed by atoms with Gasteiger partial charge >= 0.3 is 0 Å². The fourth-order valence-electron chi connectivity index (χ4n) is 2.31. The van der Waals surface area contributed by atoms with Crippen LogP contribution in [0.1, 0.15) is 12.3 Å². The number of hydrogen-bond acceptors (Lipinski definition) is 6. The van der Waals surface area contributed by atoms with Gasteiger partial charge in [0.15, 0.2) is 0 Å². The van der Waals surface area contributed by atoms with Crippen LogP contribution in [0.2, 0.25) is 0 Å². The first kappa shape index (κ1) is 14.7. The highest BCUT2D eigenvalue weighted by Gasteiger charge is 2.20. The number of carbonyl (C=O) groups is 2. The normalized spacial score (nSPS) is 15.1. The molecule has 2 amide bonds. The average Bonchev–Trinajstić information content (AvgIpc) is 3.23. The lowest BCUT2D eigenvalue weighted by Gasteiger charge is -2.32. The van der Waals surface area contributed by atoms with Gasteiger partial charge in [0, 0.05) is 39.0 Å². The molecule has 0 atom stereocenters. The minimum absolute atomic E-state index is 0.0569. The summed E-state index contributed by atoms with van der Waals surface area (Å²) in [6.45, 7) is 2.36. The zero-order valence-electron chi connectivity index (χ0n) is 12.0. The summed E-state index contributed by atoms with van der Waals surface area (Å²) in [5, 5.41) is 5.88. The number of piperazine rings is 1. The van der Waals surface area contributed by atoms with E-state index in [0.717, 1.165) is 11.3 Å². The fraction of sp³-hybridized carbons (Fsp3) is 0.429. The summed E-state index contributed by atoms with van der Waals surface area (Å²) in [5.41, 5.74) is 0. The predicted octanol–water partition coefficient (Wildman–Crippen LogP) is 1.03. The topological polar surface area (TPSA) is 79.5 Å². The summed E-state index contributed by atoms with van der Waals surface area (Å²) in [7, 11) is 0. The molecule has 0 unspecified atom stereocenters. The largest absolute Gasteiger partial charge is 0.342 e. The van der Waals surface area contributed by atoms with E-state index in [0.29, 0.717) is 50.7 Å². The molecule has 3 rings (SSSR count). The molecular formula is C14H16N4O3S. The van der Waals surface area contributed by atoms with Crippen LogP contribution in [-0.4, -0.2) is 58.4 Å². The number of amides is 2. The van der Waals surface area contributed by atoms with E-state index in [9.17, 15) is 9.59 Å². The van der Waals surface area contributed by atoms with Gasteiger partial charge in [-0.05, 0) is 11.4 Å². The maximum absolute atomic E-state index is 12.1.